The number of nitrogens with one attached hydrogen (secondary N) is 1. The normalized spacial score (nSPS) is 15.8. The third-order valence-electron chi connectivity index (χ3n) is 3.91. The lowest BCUT2D eigenvalue weighted by Crippen LogP contribution is -2.32. The van der Waals surface area contributed by atoms with Crippen molar-refractivity contribution in [1.29, 1.82) is 0 Å². The monoisotopic (exact) mass is 276 g/mol. The van der Waals surface area contributed by atoms with Crippen LogP contribution in [0.3, 0.4) is 0 Å². The first-order valence-corrected chi connectivity index (χ1v) is 7.25. The molecule has 0 aromatic heterocycles. The quantitative estimate of drug-likeness (QED) is 0.831. The van der Waals surface area contributed by atoms with Crippen LogP contribution in [0.2, 0.25) is 0 Å². The Labute approximate surface area is 121 Å². The molecule has 1 aromatic rings. The van der Waals surface area contributed by atoms with Crippen molar-refractivity contribution in [3.8, 4) is 5.75 Å². The maximum atomic E-state index is 12.2. The number of carbonyl (C=O) groups is 1. The Morgan fingerprint density at radius 3 is 2.80 bits per heavy atom. The van der Waals surface area contributed by atoms with E-state index in [0.717, 1.165) is 17.9 Å². The second-order valence-corrected chi connectivity index (χ2v) is 5.40. The molecule has 0 bridgehead atoms. The van der Waals surface area contributed by atoms with Crippen LogP contribution >= 0.6 is 0 Å². The molecule has 1 amide bonds. The van der Waals surface area contributed by atoms with E-state index in [0.29, 0.717) is 12.5 Å². The molecule has 1 fully saturated rings. The molecule has 1 N–H and O–H groups in total. The highest BCUT2D eigenvalue weighted by Gasteiger charge is 2.22. The average molecular weight is 276 g/mol. The van der Waals surface area contributed by atoms with Gasteiger partial charge >= 0.3 is 0 Å². The van der Waals surface area contributed by atoms with E-state index in [1.165, 1.54) is 12.8 Å². The van der Waals surface area contributed by atoms with Crippen LogP contribution in [0.5, 0.6) is 5.75 Å². The lowest BCUT2D eigenvalue weighted by molar-refractivity contribution is -0.131. The molecular formula is C16H24N2O2. The molecule has 4 heteroatoms. The predicted molar refractivity (Wildman–Crippen MR) is 79.8 cm³/mol. The number of hydrogen-bond acceptors (Lipinski definition) is 3. The zero-order valence-electron chi connectivity index (χ0n) is 12.6. The van der Waals surface area contributed by atoms with Gasteiger partial charge in [-0.1, -0.05) is 18.2 Å². The summed E-state index contributed by atoms with van der Waals surface area (Å²) >= 11 is 0. The summed E-state index contributed by atoms with van der Waals surface area (Å²) in [4.78, 5) is 14.0. The Morgan fingerprint density at radius 1 is 1.45 bits per heavy atom. The van der Waals surface area contributed by atoms with Gasteiger partial charge in [-0.15, -0.1) is 0 Å². The van der Waals surface area contributed by atoms with Crippen LogP contribution in [0.25, 0.3) is 0 Å². The van der Waals surface area contributed by atoms with Crippen LogP contribution in [-0.2, 0) is 4.79 Å². The average Bonchev–Trinajstić information content (AvgIpc) is 3.29. The van der Waals surface area contributed by atoms with Gasteiger partial charge in [-0.2, -0.15) is 0 Å². The largest absolute Gasteiger partial charge is 0.496 e. The number of benzene rings is 1. The van der Waals surface area contributed by atoms with Crippen LogP contribution in [0, 0.1) is 0 Å². The van der Waals surface area contributed by atoms with Gasteiger partial charge in [-0.25, -0.2) is 0 Å². The van der Waals surface area contributed by atoms with Crippen molar-refractivity contribution in [2.75, 3.05) is 20.7 Å². The fourth-order valence-corrected chi connectivity index (χ4v) is 2.28. The molecule has 1 unspecified atom stereocenters. The number of amides is 1. The standard InChI is InChI=1S/C16H24N2O2/c1-12(14-6-4-5-7-15(14)20-3)18(2)16(19)10-11-17-13-8-9-13/h4-7,12-13,17H,8-11H2,1-3H3. The Balaban J connectivity index is 1.92. The predicted octanol–water partition coefficient (Wildman–Crippen LogP) is 2.36. The molecule has 20 heavy (non-hydrogen) atoms. The van der Waals surface area contributed by atoms with E-state index in [1.807, 2.05) is 38.2 Å². The van der Waals surface area contributed by atoms with Crippen LogP contribution in [0.1, 0.15) is 37.8 Å². The lowest BCUT2D eigenvalue weighted by atomic mass is 10.1. The number of methoxy groups -OCH3 is 1. The van der Waals surface area contributed by atoms with Gasteiger partial charge in [-0.05, 0) is 25.8 Å². The van der Waals surface area contributed by atoms with Crippen molar-refractivity contribution in [3.63, 3.8) is 0 Å². The van der Waals surface area contributed by atoms with Gasteiger partial charge in [0.2, 0.25) is 5.91 Å². The molecular weight excluding hydrogens is 252 g/mol. The number of rotatable bonds is 7. The first-order valence-electron chi connectivity index (χ1n) is 7.25. The second kappa shape index (κ2) is 6.75. The van der Waals surface area contributed by atoms with E-state index in [-0.39, 0.29) is 11.9 Å². The number of para-hydroxylation sites is 1. The molecule has 1 aliphatic rings. The second-order valence-electron chi connectivity index (χ2n) is 5.40. The number of hydrogen-bond donors (Lipinski definition) is 1. The molecule has 110 valence electrons. The van der Waals surface area contributed by atoms with Crippen molar-refractivity contribution >= 4 is 5.91 Å². The van der Waals surface area contributed by atoms with Crippen LogP contribution in [0.4, 0.5) is 0 Å². The van der Waals surface area contributed by atoms with E-state index in [2.05, 4.69) is 5.32 Å². The summed E-state index contributed by atoms with van der Waals surface area (Å²) in [6.45, 7) is 2.80. The van der Waals surface area contributed by atoms with Crippen LogP contribution < -0.4 is 10.1 Å². The zero-order chi connectivity index (χ0) is 14.5. The maximum Gasteiger partial charge on any atom is 0.224 e. The minimum atomic E-state index is 0.0135. The molecule has 1 aliphatic carbocycles. The van der Waals surface area contributed by atoms with E-state index in [1.54, 1.807) is 12.0 Å². The molecule has 0 radical (unpaired) electrons. The molecule has 4 nitrogen and oxygen atoms in total. The minimum Gasteiger partial charge on any atom is -0.496 e. The third kappa shape index (κ3) is 3.73. The summed E-state index contributed by atoms with van der Waals surface area (Å²) in [5.41, 5.74) is 1.04. The zero-order valence-corrected chi connectivity index (χ0v) is 12.6. The fourth-order valence-electron chi connectivity index (χ4n) is 2.28. The third-order valence-corrected chi connectivity index (χ3v) is 3.91. The summed E-state index contributed by atoms with van der Waals surface area (Å²) in [5.74, 6) is 0.993. The van der Waals surface area contributed by atoms with Gasteiger partial charge in [0.25, 0.3) is 0 Å². The lowest BCUT2D eigenvalue weighted by Gasteiger charge is -2.26. The van der Waals surface area contributed by atoms with Crippen LogP contribution in [0.15, 0.2) is 24.3 Å². The molecule has 1 saturated carbocycles. The Hall–Kier alpha value is -1.55. The highest BCUT2D eigenvalue weighted by molar-refractivity contribution is 5.76. The van der Waals surface area contributed by atoms with Gasteiger partial charge in [0.05, 0.1) is 13.2 Å². The van der Waals surface area contributed by atoms with E-state index >= 15 is 0 Å². The SMILES string of the molecule is COc1ccccc1C(C)N(C)C(=O)CCNC1CC1. The van der Waals surface area contributed by atoms with Gasteiger partial charge < -0.3 is 15.0 Å². The fraction of sp³-hybridized carbons (Fsp3) is 0.562. The molecule has 1 aromatic carbocycles. The van der Waals surface area contributed by atoms with E-state index < -0.39 is 0 Å². The molecule has 0 aliphatic heterocycles. The summed E-state index contributed by atoms with van der Waals surface area (Å²) in [7, 11) is 3.52. The number of carbonyl (C=O) groups excluding carboxylic acids is 1. The summed E-state index contributed by atoms with van der Waals surface area (Å²) in [5, 5.41) is 3.37. The van der Waals surface area contributed by atoms with Gasteiger partial charge in [0.15, 0.2) is 0 Å². The van der Waals surface area contributed by atoms with Gasteiger partial charge in [-0.3, -0.25) is 4.79 Å². The van der Waals surface area contributed by atoms with Gasteiger partial charge in [0.1, 0.15) is 5.75 Å². The Bertz CT molecular complexity index is 458. The molecule has 0 heterocycles. The minimum absolute atomic E-state index is 0.0135. The number of nitrogens with zero attached hydrogens (tertiary/aromatic N) is 1. The summed E-state index contributed by atoms with van der Waals surface area (Å²) < 4.78 is 5.37. The van der Waals surface area contributed by atoms with Crippen molar-refractivity contribution in [2.45, 2.75) is 38.3 Å². The maximum absolute atomic E-state index is 12.2. The van der Waals surface area contributed by atoms with E-state index in [4.69, 9.17) is 4.74 Å². The van der Waals surface area contributed by atoms with Crippen LogP contribution in [-0.4, -0.2) is 37.6 Å². The van der Waals surface area contributed by atoms with Crippen molar-refractivity contribution in [3.05, 3.63) is 29.8 Å². The highest BCUT2D eigenvalue weighted by Crippen LogP contribution is 2.28. The van der Waals surface area contributed by atoms with Crippen molar-refractivity contribution in [2.24, 2.45) is 0 Å². The first kappa shape index (κ1) is 14.9. The van der Waals surface area contributed by atoms with Gasteiger partial charge in [0, 0.05) is 31.6 Å². The molecule has 1 atom stereocenters. The molecule has 0 saturated heterocycles. The van der Waals surface area contributed by atoms with Crippen molar-refractivity contribution < 1.29 is 9.53 Å². The summed E-state index contributed by atoms with van der Waals surface area (Å²) in [6, 6.07) is 8.52. The first-order chi connectivity index (χ1) is 9.63. The Kier molecular flexibility index (Phi) is 5.01. The molecule has 2 rings (SSSR count). The topological polar surface area (TPSA) is 41.6 Å². The summed E-state index contributed by atoms with van der Waals surface area (Å²) in [6.07, 6.45) is 3.05. The Morgan fingerprint density at radius 2 is 2.15 bits per heavy atom. The van der Waals surface area contributed by atoms with Crippen molar-refractivity contribution in [1.82, 2.24) is 10.2 Å². The highest BCUT2D eigenvalue weighted by atomic mass is 16.5. The molecule has 0 spiro atoms. The smallest absolute Gasteiger partial charge is 0.224 e. The van der Waals surface area contributed by atoms with E-state index in [9.17, 15) is 4.79 Å². The number of ether oxygens (including phenoxy) is 1.